The van der Waals surface area contributed by atoms with Crippen molar-refractivity contribution in [3.8, 4) is 0 Å². The maximum absolute atomic E-state index is 5.55. The highest BCUT2D eigenvalue weighted by Crippen LogP contribution is 2.19. The van der Waals surface area contributed by atoms with Crippen LogP contribution in [-0.4, -0.2) is 18.6 Å². The van der Waals surface area contributed by atoms with Crippen LogP contribution in [0.25, 0.3) is 0 Å². The summed E-state index contributed by atoms with van der Waals surface area (Å²) in [5, 5.41) is 3.57. The zero-order valence-corrected chi connectivity index (χ0v) is 9.91. The maximum atomic E-state index is 5.55. The van der Waals surface area contributed by atoms with Crippen LogP contribution >= 0.6 is 0 Å². The first kappa shape index (κ1) is 12.9. The molecule has 0 aliphatic carbocycles. The van der Waals surface area contributed by atoms with Crippen LogP contribution in [0, 0.1) is 5.41 Å². The number of rotatable bonds is 6. The minimum absolute atomic E-state index is 0.182. The molecule has 0 radical (unpaired) electrons. The molecular weight excluding hydrogens is 160 g/mol. The average Bonchev–Trinajstić information content (AvgIpc) is 2.02. The molecule has 0 atom stereocenters. The van der Waals surface area contributed by atoms with E-state index in [4.69, 9.17) is 5.73 Å². The molecule has 0 aliphatic heterocycles. The minimum Gasteiger partial charge on any atom is -0.330 e. The van der Waals surface area contributed by atoms with Crippen LogP contribution < -0.4 is 11.1 Å². The summed E-state index contributed by atoms with van der Waals surface area (Å²) in [5.41, 5.74) is 6.12. The van der Waals surface area contributed by atoms with Gasteiger partial charge in [0.15, 0.2) is 0 Å². The van der Waals surface area contributed by atoms with E-state index in [1.807, 2.05) is 0 Å². The molecule has 0 aliphatic rings. The Balaban J connectivity index is 3.86. The molecule has 0 bridgehead atoms. The van der Waals surface area contributed by atoms with Crippen LogP contribution in [0.15, 0.2) is 0 Å². The van der Waals surface area contributed by atoms with Gasteiger partial charge in [-0.25, -0.2) is 0 Å². The van der Waals surface area contributed by atoms with Gasteiger partial charge in [-0.3, -0.25) is 0 Å². The fraction of sp³-hybridized carbons (Fsp3) is 1.00. The van der Waals surface area contributed by atoms with Crippen LogP contribution in [0.1, 0.15) is 47.5 Å². The highest BCUT2D eigenvalue weighted by molar-refractivity contribution is 4.81. The Labute approximate surface area is 83.3 Å². The van der Waals surface area contributed by atoms with Crippen LogP contribution in [0.5, 0.6) is 0 Å². The van der Waals surface area contributed by atoms with Gasteiger partial charge in [-0.05, 0) is 38.6 Å². The molecule has 2 heteroatoms. The molecule has 80 valence electrons. The average molecular weight is 186 g/mol. The van der Waals surface area contributed by atoms with E-state index in [1.165, 1.54) is 6.42 Å². The molecule has 0 rings (SSSR count). The predicted octanol–water partition coefficient (Wildman–Crippen LogP) is 2.14. The lowest BCUT2D eigenvalue weighted by Gasteiger charge is -2.32. The lowest BCUT2D eigenvalue weighted by molar-refractivity contribution is 0.264. The van der Waals surface area contributed by atoms with E-state index in [2.05, 4.69) is 39.9 Å². The predicted molar refractivity (Wildman–Crippen MR) is 59.8 cm³/mol. The number of nitrogens with one attached hydrogen (secondary N) is 1. The largest absolute Gasteiger partial charge is 0.330 e. The Morgan fingerprint density at radius 2 is 1.69 bits per heavy atom. The van der Waals surface area contributed by atoms with Crippen molar-refractivity contribution >= 4 is 0 Å². The fourth-order valence-electron chi connectivity index (χ4n) is 1.05. The van der Waals surface area contributed by atoms with E-state index in [0.717, 1.165) is 19.5 Å². The first-order valence-electron chi connectivity index (χ1n) is 5.28. The van der Waals surface area contributed by atoms with Crippen LogP contribution in [-0.2, 0) is 0 Å². The van der Waals surface area contributed by atoms with Gasteiger partial charge in [0.2, 0.25) is 0 Å². The molecule has 0 aromatic rings. The number of hydrogen-bond donors (Lipinski definition) is 2. The zero-order valence-electron chi connectivity index (χ0n) is 9.91. The minimum atomic E-state index is 0.182. The summed E-state index contributed by atoms with van der Waals surface area (Å²) in [4.78, 5) is 0. The summed E-state index contributed by atoms with van der Waals surface area (Å²) in [7, 11) is 0. The van der Waals surface area contributed by atoms with Gasteiger partial charge < -0.3 is 11.1 Å². The molecule has 0 aromatic carbocycles. The number of hydrogen-bond acceptors (Lipinski definition) is 2. The molecule has 3 N–H and O–H groups in total. The second kappa shape index (κ2) is 4.97. The highest BCUT2D eigenvalue weighted by Gasteiger charge is 2.21. The SMILES string of the molecule is CCC(C)(C)CNC(C)(C)CCN. The van der Waals surface area contributed by atoms with Gasteiger partial charge >= 0.3 is 0 Å². The second-order valence-electron chi connectivity index (χ2n) is 5.29. The van der Waals surface area contributed by atoms with Crippen LogP contribution in [0.4, 0.5) is 0 Å². The monoisotopic (exact) mass is 186 g/mol. The van der Waals surface area contributed by atoms with E-state index in [9.17, 15) is 0 Å². The van der Waals surface area contributed by atoms with Crippen molar-refractivity contribution in [3.05, 3.63) is 0 Å². The lowest BCUT2D eigenvalue weighted by atomic mass is 9.88. The van der Waals surface area contributed by atoms with Crippen LogP contribution in [0.3, 0.4) is 0 Å². The summed E-state index contributed by atoms with van der Waals surface area (Å²) in [6.07, 6.45) is 2.24. The zero-order chi connectivity index (χ0) is 10.5. The molecule has 0 saturated carbocycles. The molecule has 0 amide bonds. The van der Waals surface area contributed by atoms with Crippen molar-refractivity contribution in [1.29, 1.82) is 0 Å². The van der Waals surface area contributed by atoms with E-state index >= 15 is 0 Å². The summed E-state index contributed by atoms with van der Waals surface area (Å²) in [5.74, 6) is 0. The van der Waals surface area contributed by atoms with E-state index in [0.29, 0.717) is 5.41 Å². The normalized spacial score (nSPS) is 13.4. The van der Waals surface area contributed by atoms with Gasteiger partial charge in [-0.1, -0.05) is 20.8 Å². The Morgan fingerprint density at radius 3 is 2.08 bits per heavy atom. The Hall–Kier alpha value is -0.0800. The molecule has 0 spiro atoms. The summed E-state index contributed by atoms with van der Waals surface area (Å²) in [6.45, 7) is 13.1. The van der Waals surface area contributed by atoms with Crippen LogP contribution in [0.2, 0.25) is 0 Å². The molecular formula is C11H26N2. The molecule has 0 heterocycles. The molecule has 0 saturated heterocycles. The van der Waals surface area contributed by atoms with Gasteiger partial charge in [0, 0.05) is 12.1 Å². The lowest BCUT2D eigenvalue weighted by Crippen LogP contribution is -2.45. The first-order valence-corrected chi connectivity index (χ1v) is 5.28. The third-order valence-electron chi connectivity index (χ3n) is 2.77. The quantitative estimate of drug-likeness (QED) is 0.667. The molecule has 0 aromatic heterocycles. The summed E-state index contributed by atoms with van der Waals surface area (Å²) < 4.78 is 0. The Bertz CT molecular complexity index is 139. The molecule has 2 nitrogen and oxygen atoms in total. The fourth-order valence-corrected chi connectivity index (χ4v) is 1.05. The standard InChI is InChI=1S/C11H26N2/c1-6-10(2,3)9-13-11(4,5)7-8-12/h13H,6-9,12H2,1-5H3. The van der Waals surface area contributed by atoms with Crippen molar-refractivity contribution in [2.75, 3.05) is 13.1 Å². The van der Waals surface area contributed by atoms with Gasteiger partial charge in [-0.2, -0.15) is 0 Å². The Morgan fingerprint density at radius 1 is 1.15 bits per heavy atom. The highest BCUT2D eigenvalue weighted by atomic mass is 15.0. The first-order chi connectivity index (χ1) is 5.83. The van der Waals surface area contributed by atoms with Crippen molar-refractivity contribution in [1.82, 2.24) is 5.32 Å². The molecule has 0 unspecified atom stereocenters. The van der Waals surface area contributed by atoms with Gasteiger partial charge in [0.1, 0.15) is 0 Å². The topological polar surface area (TPSA) is 38.0 Å². The molecule has 0 fully saturated rings. The van der Waals surface area contributed by atoms with E-state index in [1.54, 1.807) is 0 Å². The van der Waals surface area contributed by atoms with Gasteiger partial charge in [0.25, 0.3) is 0 Å². The summed E-state index contributed by atoms with van der Waals surface area (Å²) >= 11 is 0. The van der Waals surface area contributed by atoms with Crippen molar-refractivity contribution in [3.63, 3.8) is 0 Å². The van der Waals surface area contributed by atoms with Crippen molar-refractivity contribution in [2.45, 2.75) is 53.0 Å². The third kappa shape index (κ3) is 6.05. The van der Waals surface area contributed by atoms with Crippen molar-refractivity contribution < 1.29 is 0 Å². The maximum Gasteiger partial charge on any atom is 0.0137 e. The van der Waals surface area contributed by atoms with E-state index < -0.39 is 0 Å². The smallest absolute Gasteiger partial charge is 0.0137 e. The number of nitrogens with two attached hydrogens (primary N) is 1. The summed E-state index contributed by atoms with van der Waals surface area (Å²) in [6, 6.07) is 0. The second-order valence-corrected chi connectivity index (χ2v) is 5.29. The molecule has 13 heavy (non-hydrogen) atoms. The van der Waals surface area contributed by atoms with Gasteiger partial charge in [-0.15, -0.1) is 0 Å². The van der Waals surface area contributed by atoms with Crippen molar-refractivity contribution in [2.24, 2.45) is 11.1 Å². The Kier molecular flexibility index (Phi) is 4.93. The van der Waals surface area contributed by atoms with E-state index in [-0.39, 0.29) is 5.54 Å². The van der Waals surface area contributed by atoms with Gasteiger partial charge in [0.05, 0.1) is 0 Å². The third-order valence-corrected chi connectivity index (χ3v) is 2.77.